The molecule has 1 aliphatic rings. The molecule has 0 radical (unpaired) electrons. The second-order valence-electron chi connectivity index (χ2n) is 5.30. The number of alkyl halides is 3. The summed E-state index contributed by atoms with van der Waals surface area (Å²) in [5.74, 6) is -0.903. The average Bonchev–Trinajstić information content (AvgIpc) is 2.87. The predicted octanol–water partition coefficient (Wildman–Crippen LogP) is 2.84. The number of rotatable bonds is 3. The van der Waals surface area contributed by atoms with E-state index in [0.29, 0.717) is 10.6 Å². The van der Waals surface area contributed by atoms with Gasteiger partial charge in [0.05, 0.1) is 0 Å². The molecule has 1 fully saturated rings. The number of hydrogen-bond donors (Lipinski definition) is 1. The Kier molecular flexibility index (Phi) is 4.49. The highest BCUT2D eigenvalue weighted by Crippen LogP contribution is 2.44. The third-order valence-electron chi connectivity index (χ3n) is 3.76. The molecule has 1 heterocycles. The van der Waals surface area contributed by atoms with Gasteiger partial charge in [-0.1, -0.05) is 23.7 Å². The first-order valence-corrected chi connectivity index (χ1v) is 6.91. The van der Waals surface area contributed by atoms with E-state index in [1.165, 1.54) is 7.05 Å². The van der Waals surface area contributed by atoms with Gasteiger partial charge in [-0.25, -0.2) is 0 Å². The second kappa shape index (κ2) is 5.85. The molecule has 116 valence electrons. The number of amides is 1. The first kappa shape index (κ1) is 16.1. The fourth-order valence-electron chi connectivity index (χ4n) is 2.58. The Morgan fingerprint density at radius 3 is 2.71 bits per heavy atom. The summed E-state index contributed by atoms with van der Waals surface area (Å²) in [7, 11) is 1.38. The van der Waals surface area contributed by atoms with Crippen molar-refractivity contribution in [1.82, 2.24) is 10.2 Å². The Morgan fingerprint density at radius 2 is 2.19 bits per heavy atom. The zero-order valence-electron chi connectivity index (χ0n) is 11.5. The molecule has 1 saturated heterocycles. The summed E-state index contributed by atoms with van der Waals surface area (Å²) in [5, 5.41) is 3.13. The Bertz CT molecular complexity index is 527. The number of carbonyl (C=O) groups is 1. The third kappa shape index (κ3) is 3.16. The van der Waals surface area contributed by atoms with Crippen LogP contribution in [0.15, 0.2) is 24.3 Å². The van der Waals surface area contributed by atoms with Crippen molar-refractivity contribution in [3.05, 3.63) is 34.9 Å². The van der Waals surface area contributed by atoms with E-state index in [2.05, 4.69) is 5.32 Å². The van der Waals surface area contributed by atoms with Crippen LogP contribution >= 0.6 is 11.6 Å². The van der Waals surface area contributed by atoms with Crippen LogP contribution in [0.3, 0.4) is 0 Å². The van der Waals surface area contributed by atoms with Crippen LogP contribution in [0.25, 0.3) is 0 Å². The summed E-state index contributed by atoms with van der Waals surface area (Å²) >= 11 is 5.84. The predicted molar refractivity (Wildman–Crippen MR) is 73.9 cm³/mol. The Hall–Kier alpha value is -1.27. The summed E-state index contributed by atoms with van der Waals surface area (Å²) in [4.78, 5) is 13.5. The van der Waals surface area contributed by atoms with Crippen LogP contribution in [0, 0.1) is 5.41 Å². The van der Waals surface area contributed by atoms with Crippen LogP contribution in [0.5, 0.6) is 0 Å². The van der Waals surface area contributed by atoms with E-state index in [9.17, 15) is 18.0 Å². The largest absolute Gasteiger partial charge is 0.404 e. The average molecular weight is 321 g/mol. The Morgan fingerprint density at radius 1 is 1.48 bits per heavy atom. The number of benzene rings is 1. The summed E-state index contributed by atoms with van der Waals surface area (Å²) in [5.41, 5.74) is -1.62. The van der Waals surface area contributed by atoms with Crippen LogP contribution in [-0.4, -0.2) is 37.1 Å². The lowest BCUT2D eigenvalue weighted by molar-refractivity contribution is -0.221. The first-order valence-electron chi connectivity index (χ1n) is 6.54. The monoisotopic (exact) mass is 320 g/mol. The second-order valence-corrected chi connectivity index (χ2v) is 5.73. The van der Waals surface area contributed by atoms with Crippen molar-refractivity contribution >= 4 is 17.5 Å². The van der Waals surface area contributed by atoms with E-state index in [0.717, 1.165) is 4.90 Å². The molecular formula is C14H16ClF3N2O. The molecule has 0 aliphatic carbocycles. The minimum atomic E-state index is -4.56. The van der Waals surface area contributed by atoms with Crippen LogP contribution in [-0.2, 0) is 11.3 Å². The molecule has 1 aromatic rings. The van der Waals surface area contributed by atoms with Crippen LogP contribution in [0.2, 0.25) is 5.02 Å². The van der Waals surface area contributed by atoms with Crippen molar-refractivity contribution in [2.75, 3.05) is 20.1 Å². The lowest BCUT2D eigenvalue weighted by Crippen LogP contribution is -2.52. The van der Waals surface area contributed by atoms with Gasteiger partial charge in [0, 0.05) is 25.2 Å². The lowest BCUT2D eigenvalue weighted by Gasteiger charge is -2.33. The van der Waals surface area contributed by atoms with Crippen molar-refractivity contribution in [3.63, 3.8) is 0 Å². The third-order valence-corrected chi connectivity index (χ3v) is 4.00. The normalized spacial score (nSPS) is 22.3. The fraction of sp³-hybridized carbons (Fsp3) is 0.500. The van der Waals surface area contributed by atoms with E-state index in [4.69, 9.17) is 11.6 Å². The van der Waals surface area contributed by atoms with E-state index in [1.54, 1.807) is 24.3 Å². The van der Waals surface area contributed by atoms with E-state index in [1.807, 2.05) is 0 Å². The van der Waals surface area contributed by atoms with Gasteiger partial charge in [0.1, 0.15) is 0 Å². The number of hydrogen-bond acceptors (Lipinski definition) is 2. The molecule has 0 spiro atoms. The molecule has 1 unspecified atom stereocenters. The SMILES string of the molecule is CN(Cc1cccc(Cl)c1)C(=O)C1(C(F)(F)F)CCNC1. The molecule has 0 aromatic heterocycles. The molecular weight excluding hydrogens is 305 g/mol. The summed E-state index contributed by atoms with van der Waals surface area (Å²) < 4.78 is 40.0. The maximum Gasteiger partial charge on any atom is 0.404 e. The molecule has 0 saturated carbocycles. The molecule has 21 heavy (non-hydrogen) atoms. The molecule has 3 nitrogen and oxygen atoms in total. The molecule has 1 aromatic carbocycles. The van der Waals surface area contributed by atoms with Gasteiger partial charge in [-0.15, -0.1) is 0 Å². The number of halogens is 4. The summed E-state index contributed by atoms with van der Waals surface area (Å²) in [6.07, 6.45) is -4.79. The maximum atomic E-state index is 13.3. The van der Waals surface area contributed by atoms with Crippen LogP contribution in [0.4, 0.5) is 13.2 Å². The van der Waals surface area contributed by atoms with Crippen LogP contribution < -0.4 is 5.32 Å². The van der Waals surface area contributed by atoms with E-state index >= 15 is 0 Å². The number of nitrogens with zero attached hydrogens (tertiary/aromatic N) is 1. The molecule has 7 heteroatoms. The van der Waals surface area contributed by atoms with Gasteiger partial charge in [0.25, 0.3) is 0 Å². The van der Waals surface area contributed by atoms with Crippen molar-refractivity contribution in [1.29, 1.82) is 0 Å². The number of carbonyl (C=O) groups excluding carboxylic acids is 1. The van der Waals surface area contributed by atoms with Gasteiger partial charge in [0.15, 0.2) is 5.41 Å². The van der Waals surface area contributed by atoms with Gasteiger partial charge in [-0.2, -0.15) is 13.2 Å². The minimum Gasteiger partial charge on any atom is -0.341 e. The Balaban J connectivity index is 2.18. The standard InChI is InChI=1S/C14H16ClF3N2O/c1-20(8-10-3-2-4-11(15)7-10)12(21)13(14(16,17)18)5-6-19-9-13/h2-4,7,19H,5-6,8-9H2,1H3. The zero-order valence-corrected chi connectivity index (χ0v) is 12.3. The van der Waals surface area contributed by atoms with Gasteiger partial charge in [-0.3, -0.25) is 4.79 Å². The topological polar surface area (TPSA) is 32.3 Å². The highest BCUT2D eigenvalue weighted by Gasteiger charge is 2.62. The molecule has 1 amide bonds. The first-order chi connectivity index (χ1) is 9.76. The fourth-order valence-corrected chi connectivity index (χ4v) is 2.80. The van der Waals surface area contributed by atoms with Gasteiger partial charge in [0.2, 0.25) is 5.91 Å². The highest BCUT2D eigenvalue weighted by atomic mass is 35.5. The molecule has 1 aliphatic heterocycles. The summed E-state index contributed by atoms with van der Waals surface area (Å²) in [6.45, 7) is -0.0807. The highest BCUT2D eigenvalue weighted by molar-refractivity contribution is 6.30. The van der Waals surface area contributed by atoms with Crippen molar-refractivity contribution in [3.8, 4) is 0 Å². The molecule has 1 N–H and O–H groups in total. The number of nitrogens with one attached hydrogen (secondary N) is 1. The van der Waals surface area contributed by atoms with E-state index in [-0.39, 0.29) is 26.1 Å². The van der Waals surface area contributed by atoms with Crippen molar-refractivity contribution in [2.24, 2.45) is 5.41 Å². The smallest absolute Gasteiger partial charge is 0.341 e. The van der Waals surface area contributed by atoms with Gasteiger partial charge >= 0.3 is 6.18 Å². The quantitative estimate of drug-likeness (QED) is 0.929. The maximum absolute atomic E-state index is 13.3. The molecule has 1 atom stereocenters. The molecule has 0 bridgehead atoms. The minimum absolute atomic E-state index is 0.0945. The van der Waals surface area contributed by atoms with Gasteiger partial charge in [-0.05, 0) is 30.7 Å². The lowest BCUT2D eigenvalue weighted by atomic mass is 9.84. The Labute approximate surface area is 126 Å². The van der Waals surface area contributed by atoms with Crippen LogP contribution in [0.1, 0.15) is 12.0 Å². The van der Waals surface area contributed by atoms with E-state index < -0.39 is 17.5 Å². The van der Waals surface area contributed by atoms with Crippen molar-refractivity contribution in [2.45, 2.75) is 19.1 Å². The van der Waals surface area contributed by atoms with Crippen molar-refractivity contribution < 1.29 is 18.0 Å². The van der Waals surface area contributed by atoms with Gasteiger partial charge < -0.3 is 10.2 Å². The zero-order chi connectivity index (χ0) is 15.7. The molecule has 2 rings (SSSR count). The summed E-state index contributed by atoms with van der Waals surface area (Å²) in [6, 6.07) is 6.74.